The second kappa shape index (κ2) is 3.70. The molecule has 18 heavy (non-hydrogen) atoms. The minimum absolute atomic E-state index is 0.0423. The first-order valence-corrected chi connectivity index (χ1v) is 5.99. The van der Waals surface area contributed by atoms with E-state index in [0.29, 0.717) is 0 Å². The number of likely N-dealkylation sites (N-methyl/N-ethyl adjacent to an activating group) is 1. The highest BCUT2D eigenvalue weighted by Gasteiger charge is 2.33. The smallest absolute Gasteiger partial charge is 0.227 e. The van der Waals surface area contributed by atoms with Crippen LogP contribution in [0.4, 0.5) is 0 Å². The lowest BCUT2D eigenvalue weighted by Gasteiger charge is -2.21. The number of rotatable bonds is 1. The highest BCUT2D eigenvalue weighted by molar-refractivity contribution is 6.14. The molecule has 92 valence electrons. The average molecular weight is 242 g/mol. The van der Waals surface area contributed by atoms with Crippen molar-refractivity contribution in [1.29, 1.82) is 0 Å². The maximum Gasteiger partial charge on any atom is 0.227 e. The van der Waals surface area contributed by atoms with E-state index in [4.69, 9.17) is 0 Å². The Balaban J connectivity index is 2.35. The SMILES string of the molecule is CNC(=O)C1CC(=O)c2cccc3[nH]c(C)c1c23. The molecule has 0 bridgehead atoms. The van der Waals surface area contributed by atoms with Gasteiger partial charge in [-0.3, -0.25) is 9.59 Å². The van der Waals surface area contributed by atoms with Crippen molar-refractivity contribution >= 4 is 22.6 Å². The van der Waals surface area contributed by atoms with Gasteiger partial charge in [0.15, 0.2) is 5.78 Å². The molecule has 0 fully saturated rings. The Morgan fingerprint density at radius 3 is 2.94 bits per heavy atom. The van der Waals surface area contributed by atoms with Gasteiger partial charge in [0.1, 0.15) is 0 Å². The minimum atomic E-state index is -0.369. The van der Waals surface area contributed by atoms with Crippen LogP contribution in [0.2, 0.25) is 0 Å². The van der Waals surface area contributed by atoms with Gasteiger partial charge in [-0.05, 0) is 18.6 Å². The van der Waals surface area contributed by atoms with Crippen molar-refractivity contribution in [2.24, 2.45) is 0 Å². The predicted octanol–water partition coefficient (Wildman–Crippen LogP) is 1.89. The number of H-pyrrole nitrogens is 1. The fourth-order valence-electron chi connectivity index (χ4n) is 2.87. The lowest BCUT2D eigenvalue weighted by molar-refractivity contribution is -0.122. The van der Waals surface area contributed by atoms with Gasteiger partial charge >= 0.3 is 0 Å². The third-order valence-electron chi connectivity index (χ3n) is 3.66. The Hall–Kier alpha value is -2.10. The Kier molecular flexibility index (Phi) is 2.26. The molecule has 1 aromatic heterocycles. The summed E-state index contributed by atoms with van der Waals surface area (Å²) in [5, 5.41) is 3.56. The van der Waals surface area contributed by atoms with Gasteiger partial charge in [-0.2, -0.15) is 0 Å². The van der Waals surface area contributed by atoms with Crippen LogP contribution in [0, 0.1) is 6.92 Å². The largest absolute Gasteiger partial charge is 0.359 e. The van der Waals surface area contributed by atoms with E-state index in [-0.39, 0.29) is 24.0 Å². The fourth-order valence-corrected chi connectivity index (χ4v) is 2.87. The number of nitrogens with one attached hydrogen (secondary N) is 2. The molecule has 2 aromatic rings. The van der Waals surface area contributed by atoms with Crippen molar-refractivity contribution in [2.75, 3.05) is 7.05 Å². The monoisotopic (exact) mass is 242 g/mol. The zero-order chi connectivity index (χ0) is 12.9. The topological polar surface area (TPSA) is 62.0 Å². The lowest BCUT2D eigenvalue weighted by atomic mass is 9.82. The molecule has 4 heteroatoms. The second-order valence-corrected chi connectivity index (χ2v) is 4.69. The van der Waals surface area contributed by atoms with Gasteiger partial charge in [0.25, 0.3) is 0 Å². The van der Waals surface area contributed by atoms with Crippen molar-refractivity contribution < 1.29 is 9.59 Å². The molecule has 1 atom stereocenters. The third kappa shape index (κ3) is 1.32. The van der Waals surface area contributed by atoms with Crippen molar-refractivity contribution in [1.82, 2.24) is 10.3 Å². The van der Waals surface area contributed by atoms with Gasteiger partial charge < -0.3 is 10.3 Å². The van der Waals surface area contributed by atoms with Gasteiger partial charge in [0.2, 0.25) is 5.91 Å². The maximum absolute atomic E-state index is 12.1. The van der Waals surface area contributed by atoms with E-state index in [9.17, 15) is 9.59 Å². The first-order chi connectivity index (χ1) is 8.63. The molecule has 1 aliphatic rings. The molecule has 1 aromatic carbocycles. The van der Waals surface area contributed by atoms with E-state index < -0.39 is 0 Å². The summed E-state index contributed by atoms with van der Waals surface area (Å²) < 4.78 is 0. The van der Waals surface area contributed by atoms with Crippen LogP contribution in [0.15, 0.2) is 18.2 Å². The van der Waals surface area contributed by atoms with Crippen molar-refractivity contribution in [3.05, 3.63) is 35.0 Å². The van der Waals surface area contributed by atoms with Gasteiger partial charge in [0.05, 0.1) is 5.92 Å². The number of hydrogen-bond acceptors (Lipinski definition) is 2. The summed E-state index contributed by atoms with van der Waals surface area (Å²) in [5.41, 5.74) is 3.60. The number of Topliss-reactive ketones (excluding diaryl/α,β-unsaturated/α-hetero) is 1. The van der Waals surface area contributed by atoms with Gasteiger partial charge in [-0.25, -0.2) is 0 Å². The van der Waals surface area contributed by atoms with E-state index in [1.165, 1.54) is 0 Å². The number of benzene rings is 1. The Labute approximate surface area is 104 Å². The summed E-state index contributed by atoms with van der Waals surface area (Å²) in [6.45, 7) is 1.95. The molecule has 0 spiro atoms. The molecule has 1 aliphatic carbocycles. The number of amides is 1. The normalized spacial score (nSPS) is 18.1. The Bertz CT molecular complexity index is 670. The quantitative estimate of drug-likeness (QED) is 0.802. The van der Waals surface area contributed by atoms with Crippen molar-refractivity contribution in [2.45, 2.75) is 19.3 Å². The number of carbonyl (C=O) groups excluding carboxylic acids is 2. The molecule has 0 saturated carbocycles. The Morgan fingerprint density at radius 1 is 1.44 bits per heavy atom. The molecule has 2 N–H and O–H groups in total. The number of aromatic amines is 1. The summed E-state index contributed by atoms with van der Waals surface area (Å²) in [6.07, 6.45) is 0.254. The lowest BCUT2D eigenvalue weighted by Crippen LogP contribution is -2.30. The molecule has 1 heterocycles. The second-order valence-electron chi connectivity index (χ2n) is 4.69. The van der Waals surface area contributed by atoms with Crippen LogP contribution in [-0.2, 0) is 4.79 Å². The number of ketones is 1. The van der Waals surface area contributed by atoms with E-state index in [1.807, 2.05) is 25.1 Å². The third-order valence-corrected chi connectivity index (χ3v) is 3.66. The molecule has 0 saturated heterocycles. The predicted molar refractivity (Wildman–Crippen MR) is 68.8 cm³/mol. The molecule has 0 aliphatic heterocycles. The summed E-state index contributed by atoms with van der Waals surface area (Å²) in [7, 11) is 1.60. The summed E-state index contributed by atoms with van der Waals surface area (Å²) in [6, 6.07) is 5.64. The van der Waals surface area contributed by atoms with Crippen LogP contribution in [0.25, 0.3) is 10.9 Å². The van der Waals surface area contributed by atoms with Crippen molar-refractivity contribution in [3.8, 4) is 0 Å². The fraction of sp³-hybridized carbons (Fsp3) is 0.286. The van der Waals surface area contributed by atoms with E-state index in [1.54, 1.807) is 7.05 Å². The van der Waals surface area contributed by atoms with Crippen LogP contribution in [0.3, 0.4) is 0 Å². The first-order valence-electron chi connectivity index (χ1n) is 5.99. The molecule has 0 radical (unpaired) electrons. The van der Waals surface area contributed by atoms with Crippen LogP contribution >= 0.6 is 0 Å². The van der Waals surface area contributed by atoms with Crippen molar-refractivity contribution in [3.63, 3.8) is 0 Å². The Morgan fingerprint density at radius 2 is 2.22 bits per heavy atom. The molecular formula is C14H14N2O2. The first kappa shape index (κ1) is 11.0. The summed E-state index contributed by atoms with van der Waals surface area (Å²) in [4.78, 5) is 27.3. The highest BCUT2D eigenvalue weighted by Crippen LogP contribution is 2.38. The summed E-state index contributed by atoms with van der Waals surface area (Å²) >= 11 is 0. The average Bonchev–Trinajstić information content (AvgIpc) is 2.70. The van der Waals surface area contributed by atoms with Gasteiger partial charge in [0, 0.05) is 35.6 Å². The zero-order valence-corrected chi connectivity index (χ0v) is 10.3. The standard InChI is InChI=1S/C14H14N2O2/c1-7-12-9(14(18)15-2)6-11(17)8-4-3-5-10(16-7)13(8)12/h3-5,9,16H,6H2,1-2H3,(H,15,18). The molecule has 1 amide bonds. The number of hydrogen-bond donors (Lipinski definition) is 2. The van der Waals surface area contributed by atoms with E-state index in [0.717, 1.165) is 27.7 Å². The maximum atomic E-state index is 12.1. The molecule has 4 nitrogen and oxygen atoms in total. The van der Waals surface area contributed by atoms with Gasteiger partial charge in [-0.15, -0.1) is 0 Å². The molecule has 1 unspecified atom stereocenters. The highest BCUT2D eigenvalue weighted by atomic mass is 16.2. The molecular weight excluding hydrogens is 228 g/mol. The van der Waals surface area contributed by atoms with E-state index in [2.05, 4.69) is 10.3 Å². The van der Waals surface area contributed by atoms with Gasteiger partial charge in [-0.1, -0.05) is 12.1 Å². The summed E-state index contributed by atoms with van der Waals surface area (Å²) in [5.74, 6) is -0.422. The number of carbonyl (C=O) groups is 2. The number of aromatic nitrogens is 1. The van der Waals surface area contributed by atoms with Crippen LogP contribution in [-0.4, -0.2) is 23.7 Å². The van der Waals surface area contributed by atoms with Crippen LogP contribution in [0.1, 0.15) is 34.0 Å². The zero-order valence-electron chi connectivity index (χ0n) is 10.3. The molecule has 3 rings (SSSR count). The van der Waals surface area contributed by atoms with E-state index >= 15 is 0 Å². The minimum Gasteiger partial charge on any atom is -0.359 e. The van der Waals surface area contributed by atoms with Crippen LogP contribution < -0.4 is 5.32 Å². The van der Waals surface area contributed by atoms with Crippen LogP contribution in [0.5, 0.6) is 0 Å². The number of aryl methyl sites for hydroxylation is 1.